The average Bonchev–Trinajstić information content (AvgIpc) is 3.49. The molecule has 1 N–H and O–H groups in total. The molecule has 3 aromatic carbocycles. The van der Waals surface area contributed by atoms with Gasteiger partial charge in [-0.15, -0.1) is 0 Å². The van der Waals surface area contributed by atoms with Gasteiger partial charge in [0.05, 0.1) is 23.9 Å². The van der Waals surface area contributed by atoms with Crippen LogP contribution in [0.25, 0.3) is 6.08 Å². The van der Waals surface area contributed by atoms with Crippen molar-refractivity contribution in [1.29, 1.82) is 0 Å². The summed E-state index contributed by atoms with van der Waals surface area (Å²) in [5, 5.41) is 11.2. The summed E-state index contributed by atoms with van der Waals surface area (Å²) in [6.45, 7) is 3.51. The molecule has 0 aliphatic carbocycles. The number of anilines is 1. The van der Waals surface area contributed by atoms with E-state index >= 15 is 0 Å². The molecule has 2 heterocycles. The number of hydrogen-bond acceptors (Lipinski definition) is 8. The van der Waals surface area contributed by atoms with Crippen LogP contribution in [0.1, 0.15) is 39.5 Å². The van der Waals surface area contributed by atoms with Gasteiger partial charge in [-0.3, -0.25) is 14.5 Å². The van der Waals surface area contributed by atoms with Crippen LogP contribution in [0.2, 0.25) is 0 Å². The number of aliphatic hydroxyl groups is 1. The van der Waals surface area contributed by atoms with Gasteiger partial charge in [0.1, 0.15) is 16.4 Å². The number of aromatic nitrogens is 1. The maximum Gasteiger partial charge on any atom is 0.350 e. The Morgan fingerprint density at radius 3 is 2.39 bits per heavy atom. The highest BCUT2D eigenvalue weighted by Crippen LogP contribution is 2.44. The second-order valence-electron chi connectivity index (χ2n) is 9.07. The van der Waals surface area contributed by atoms with E-state index in [0.717, 1.165) is 16.9 Å². The third kappa shape index (κ3) is 5.80. The normalized spacial score (nSPS) is 15.0. The van der Waals surface area contributed by atoms with Gasteiger partial charge in [-0.1, -0.05) is 78.1 Å². The first-order valence-electron chi connectivity index (χ1n) is 12.9. The molecule has 1 aliphatic rings. The van der Waals surface area contributed by atoms with Gasteiger partial charge in [0, 0.05) is 0 Å². The van der Waals surface area contributed by atoms with Crippen LogP contribution in [-0.2, 0) is 14.3 Å². The number of carbonyl (C=O) groups excluding carboxylic acids is 3. The van der Waals surface area contributed by atoms with Gasteiger partial charge >= 0.3 is 5.97 Å². The highest BCUT2D eigenvalue weighted by atomic mass is 32.1. The van der Waals surface area contributed by atoms with E-state index in [2.05, 4.69) is 4.98 Å². The van der Waals surface area contributed by atoms with E-state index in [1.807, 2.05) is 60.7 Å². The quantitative estimate of drug-likeness (QED) is 0.180. The van der Waals surface area contributed by atoms with Gasteiger partial charge < -0.3 is 14.6 Å². The Morgan fingerprint density at radius 2 is 1.68 bits per heavy atom. The molecule has 4 aromatic rings. The molecule has 1 amide bonds. The number of hydrogen-bond donors (Lipinski definition) is 1. The van der Waals surface area contributed by atoms with Crippen LogP contribution in [0.4, 0.5) is 5.13 Å². The first-order valence-corrected chi connectivity index (χ1v) is 13.7. The number of aryl methyl sites for hydroxylation is 1. The molecular formula is C32H26N2O6S. The van der Waals surface area contributed by atoms with E-state index in [-0.39, 0.29) is 22.2 Å². The number of ketones is 1. The molecule has 8 nitrogen and oxygen atoms in total. The summed E-state index contributed by atoms with van der Waals surface area (Å²) in [5.41, 5.74) is 1.56. The summed E-state index contributed by atoms with van der Waals surface area (Å²) in [6.07, 6.45) is 2.94. The first-order chi connectivity index (χ1) is 19.9. The standard InChI is InChI=1S/C32H26N2O6S/c1-3-39-31(38)29-20(2)33-32(41-29)34-27(22-13-10-16-24(19-22)40-23-14-8-5-9-15-23)26(28(36)30(34)37)25(35)18-17-21-11-6-4-7-12-21/h4-19,27,36H,3H2,1-2H3/b18-17+. The van der Waals surface area contributed by atoms with Crippen LogP contribution in [-0.4, -0.2) is 34.4 Å². The third-order valence-corrected chi connectivity index (χ3v) is 7.44. The predicted molar refractivity (Wildman–Crippen MR) is 156 cm³/mol. The van der Waals surface area contributed by atoms with E-state index < -0.39 is 29.5 Å². The fourth-order valence-electron chi connectivity index (χ4n) is 4.44. The van der Waals surface area contributed by atoms with Crippen molar-refractivity contribution in [2.45, 2.75) is 19.9 Å². The highest BCUT2D eigenvalue weighted by Gasteiger charge is 2.45. The lowest BCUT2D eigenvalue weighted by atomic mass is 9.95. The monoisotopic (exact) mass is 566 g/mol. The summed E-state index contributed by atoms with van der Waals surface area (Å²) >= 11 is 0.961. The van der Waals surface area contributed by atoms with Crippen molar-refractivity contribution in [2.24, 2.45) is 0 Å². The van der Waals surface area contributed by atoms with E-state index in [0.29, 0.717) is 22.8 Å². The highest BCUT2D eigenvalue weighted by molar-refractivity contribution is 7.17. The largest absolute Gasteiger partial charge is 0.503 e. The number of benzene rings is 3. The molecular weight excluding hydrogens is 540 g/mol. The SMILES string of the molecule is CCOC(=O)c1sc(N2C(=O)C(O)=C(C(=O)/C=C/c3ccccc3)C2c2cccc(Oc3ccccc3)c2)nc1C. The number of amides is 1. The van der Waals surface area contributed by atoms with E-state index in [4.69, 9.17) is 9.47 Å². The zero-order valence-corrected chi connectivity index (χ0v) is 23.1. The summed E-state index contributed by atoms with van der Waals surface area (Å²) in [7, 11) is 0. The van der Waals surface area contributed by atoms with Crippen LogP contribution in [0, 0.1) is 6.92 Å². The molecule has 1 aliphatic heterocycles. The summed E-state index contributed by atoms with van der Waals surface area (Å²) in [5.74, 6) is -1.50. The van der Waals surface area contributed by atoms with Crippen LogP contribution in [0.15, 0.2) is 102 Å². The zero-order valence-electron chi connectivity index (χ0n) is 22.3. The minimum atomic E-state index is -1.03. The molecule has 0 saturated carbocycles. The van der Waals surface area contributed by atoms with E-state index in [1.54, 1.807) is 44.2 Å². The van der Waals surface area contributed by atoms with Crippen molar-refractivity contribution in [3.05, 3.63) is 124 Å². The van der Waals surface area contributed by atoms with Crippen LogP contribution < -0.4 is 9.64 Å². The predicted octanol–water partition coefficient (Wildman–Crippen LogP) is 6.60. The molecule has 0 saturated heterocycles. The Labute approximate surface area is 240 Å². The van der Waals surface area contributed by atoms with Crippen molar-refractivity contribution >= 4 is 40.2 Å². The number of carbonyl (C=O) groups is 3. The van der Waals surface area contributed by atoms with Crippen molar-refractivity contribution in [1.82, 2.24) is 4.98 Å². The topological polar surface area (TPSA) is 106 Å². The fourth-order valence-corrected chi connectivity index (χ4v) is 5.43. The molecule has 1 atom stereocenters. The number of nitrogens with zero attached hydrogens (tertiary/aromatic N) is 2. The summed E-state index contributed by atoms with van der Waals surface area (Å²) in [6, 6.07) is 24.3. The Hall–Kier alpha value is -5.02. The molecule has 41 heavy (non-hydrogen) atoms. The van der Waals surface area contributed by atoms with Gasteiger partial charge in [0.25, 0.3) is 5.91 Å². The van der Waals surface area contributed by atoms with E-state index in [9.17, 15) is 19.5 Å². The van der Waals surface area contributed by atoms with Crippen LogP contribution >= 0.6 is 11.3 Å². The Balaban J connectivity index is 1.58. The number of rotatable bonds is 9. The van der Waals surface area contributed by atoms with E-state index in [1.165, 1.54) is 11.0 Å². The number of thiazole rings is 1. The van der Waals surface area contributed by atoms with Gasteiger partial charge in [-0.25, -0.2) is 9.78 Å². The van der Waals surface area contributed by atoms with Crippen molar-refractivity contribution < 1.29 is 29.0 Å². The van der Waals surface area contributed by atoms with Gasteiger partial charge in [0.2, 0.25) is 0 Å². The van der Waals surface area contributed by atoms with Gasteiger partial charge in [0.15, 0.2) is 16.7 Å². The maximum atomic E-state index is 13.6. The average molecular weight is 567 g/mol. The third-order valence-electron chi connectivity index (χ3n) is 6.31. The molecule has 5 rings (SSSR count). The Kier molecular flexibility index (Phi) is 8.07. The molecule has 0 radical (unpaired) electrons. The molecule has 0 bridgehead atoms. The maximum absolute atomic E-state index is 13.6. The second-order valence-corrected chi connectivity index (χ2v) is 10.0. The lowest BCUT2D eigenvalue weighted by Crippen LogP contribution is -2.30. The Morgan fingerprint density at radius 1 is 1.00 bits per heavy atom. The van der Waals surface area contributed by atoms with Crippen LogP contribution in [0.5, 0.6) is 11.5 Å². The smallest absolute Gasteiger partial charge is 0.350 e. The number of esters is 1. The van der Waals surface area contributed by atoms with Gasteiger partial charge in [-0.05, 0) is 55.3 Å². The fraction of sp³-hybridized carbons (Fsp3) is 0.125. The number of ether oxygens (including phenoxy) is 2. The number of aliphatic hydroxyl groups excluding tert-OH is 1. The zero-order chi connectivity index (χ0) is 28.9. The lowest BCUT2D eigenvalue weighted by Gasteiger charge is -2.24. The molecule has 206 valence electrons. The minimum absolute atomic E-state index is 0.107. The second kappa shape index (κ2) is 12.0. The van der Waals surface area contributed by atoms with Gasteiger partial charge in [-0.2, -0.15) is 0 Å². The molecule has 0 fully saturated rings. The molecule has 0 spiro atoms. The van der Waals surface area contributed by atoms with Crippen LogP contribution in [0.3, 0.4) is 0 Å². The molecule has 9 heteroatoms. The van der Waals surface area contributed by atoms with Crippen molar-refractivity contribution in [3.8, 4) is 11.5 Å². The Bertz CT molecular complexity index is 1660. The first kappa shape index (κ1) is 27.5. The van der Waals surface area contributed by atoms with Crippen molar-refractivity contribution in [2.75, 3.05) is 11.5 Å². The lowest BCUT2D eigenvalue weighted by molar-refractivity contribution is -0.117. The molecule has 1 aromatic heterocycles. The minimum Gasteiger partial charge on any atom is -0.503 e. The molecule has 1 unspecified atom stereocenters. The summed E-state index contributed by atoms with van der Waals surface area (Å²) in [4.78, 5) is 45.5. The number of allylic oxidation sites excluding steroid dienone is 1. The van der Waals surface area contributed by atoms with Crippen molar-refractivity contribution in [3.63, 3.8) is 0 Å². The summed E-state index contributed by atoms with van der Waals surface area (Å²) < 4.78 is 11.1. The number of para-hydroxylation sites is 1.